The molecule has 0 radical (unpaired) electrons. The number of benzene rings is 1. The highest BCUT2D eigenvalue weighted by molar-refractivity contribution is 5.45. The van der Waals surface area contributed by atoms with Crippen LogP contribution in [0.5, 0.6) is 0 Å². The summed E-state index contributed by atoms with van der Waals surface area (Å²) >= 11 is 0. The minimum Gasteiger partial charge on any atom is -0.464 e. The minimum absolute atomic E-state index is 0.450. The molecule has 0 aliphatic heterocycles. The molecule has 0 fully saturated rings. The van der Waals surface area contributed by atoms with Gasteiger partial charge in [-0.2, -0.15) is 13.2 Å². The maximum atomic E-state index is 12.4. The van der Waals surface area contributed by atoms with E-state index in [2.05, 4.69) is 5.32 Å². The van der Waals surface area contributed by atoms with Crippen LogP contribution in [0.4, 0.5) is 18.9 Å². The van der Waals surface area contributed by atoms with Crippen molar-refractivity contribution in [3.05, 3.63) is 53.5 Å². The summed E-state index contributed by atoms with van der Waals surface area (Å²) in [5.41, 5.74) is -0.0215. The zero-order valence-corrected chi connectivity index (χ0v) is 10.4. The van der Waals surface area contributed by atoms with Gasteiger partial charge in [-0.15, -0.1) is 0 Å². The number of furan rings is 1. The van der Waals surface area contributed by atoms with Gasteiger partial charge in [0.1, 0.15) is 11.5 Å². The molecule has 0 aliphatic rings. The first kappa shape index (κ1) is 13.5. The Balaban J connectivity index is 1.96. The number of anilines is 1. The molecule has 1 aromatic carbocycles. The normalized spacial score (nSPS) is 11.6. The van der Waals surface area contributed by atoms with Crippen molar-refractivity contribution in [1.82, 2.24) is 0 Å². The second-order valence-electron chi connectivity index (χ2n) is 4.15. The third kappa shape index (κ3) is 3.53. The van der Waals surface area contributed by atoms with Crippen LogP contribution >= 0.6 is 0 Å². The lowest BCUT2D eigenvalue weighted by molar-refractivity contribution is -0.137. The van der Waals surface area contributed by atoms with E-state index < -0.39 is 11.7 Å². The Morgan fingerprint density at radius 1 is 1.00 bits per heavy atom. The third-order valence-corrected chi connectivity index (χ3v) is 2.74. The summed E-state index contributed by atoms with van der Waals surface area (Å²) in [6.07, 6.45) is -3.48. The fourth-order valence-corrected chi connectivity index (χ4v) is 1.67. The molecular formula is C14H14F3NO. The Kier molecular flexibility index (Phi) is 3.83. The monoisotopic (exact) mass is 269 g/mol. The van der Waals surface area contributed by atoms with Crippen molar-refractivity contribution >= 4 is 5.69 Å². The Morgan fingerprint density at radius 3 is 2.16 bits per heavy atom. The van der Waals surface area contributed by atoms with Gasteiger partial charge >= 0.3 is 6.18 Å². The van der Waals surface area contributed by atoms with Crippen molar-refractivity contribution < 1.29 is 17.6 Å². The molecule has 2 aromatic rings. The van der Waals surface area contributed by atoms with E-state index in [9.17, 15) is 13.2 Å². The van der Waals surface area contributed by atoms with E-state index in [0.717, 1.165) is 30.1 Å². The van der Waals surface area contributed by atoms with Crippen molar-refractivity contribution in [2.45, 2.75) is 26.1 Å². The van der Waals surface area contributed by atoms with Crippen LogP contribution in [0.15, 0.2) is 40.8 Å². The Labute approximate surface area is 109 Å². The van der Waals surface area contributed by atoms with Gasteiger partial charge in [0.25, 0.3) is 0 Å². The van der Waals surface area contributed by atoms with E-state index in [1.165, 1.54) is 12.1 Å². The van der Waals surface area contributed by atoms with Crippen molar-refractivity contribution in [3.63, 3.8) is 0 Å². The number of aryl methyl sites for hydroxylation is 1. The van der Waals surface area contributed by atoms with Crippen molar-refractivity contribution in [2.24, 2.45) is 0 Å². The van der Waals surface area contributed by atoms with Crippen molar-refractivity contribution in [1.29, 1.82) is 0 Å². The molecule has 1 N–H and O–H groups in total. The van der Waals surface area contributed by atoms with Gasteiger partial charge in [-0.05, 0) is 36.4 Å². The molecule has 0 amide bonds. The van der Waals surface area contributed by atoms with Crippen molar-refractivity contribution in [3.8, 4) is 0 Å². The van der Waals surface area contributed by atoms with Crippen LogP contribution in [-0.2, 0) is 19.1 Å². The Hall–Kier alpha value is -1.91. The van der Waals surface area contributed by atoms with Crippen molar-refractivity contribution in [2.75, 3.05) is 5.32 Å². The van der Waals surface area contributed by atoms with Gasteiger partial charge in [-0.1, -0.05) is 6.92 Å². The van der Waals surface area contributed by atoms with Crippen LogP contribution in [0.2, 0.25) is 0 Å². The average Bonchev–Trinajstić information content (AvgIpc) is 2.84. The highest BCUT2D eigenvalue weighted by atomic mass is 19.4. The molecular weight excluding hydrogens is 255 g/mol. The first-order chi connectivity index (χ1) is 8.99. The number of hydrogen-bond donors (Lipinski definition) is 1. The number of nitrogens with one attached hydrogen (secondary N) is 1. The summed E-state index contributed by atoms with van der Waals surface area (Å²) in [5, 5.41) is 3.02. The fraction of sp³-hybridized carbons (Fsp3) is 0.286. The summed E-state index contributed by atoms with van der Waals surface area (Å²) in [7, 11) is 0. The molecule has 19 heavy (non-hydrogen) atoms. The molecule has 1 aromatic heterocycles. The van der Waals surface area contributed by atoms with Gasteiger partial charge < -0.3 is 9.73 Å². The van der Waals surface area contributed by atoms with E-state index >= 15 is 0 Å². The first-order valence-electron chi connectivity index (χ1n) is 5.98. The zero-order valence-electron chi connectivity index (χ0n) is 10.4. The zero-order chi connectivity index (χ0) is 13.9. The quantitative estimate of drug-likeness (QED) is 0.885. The predicted molar refractivity (Wildman–Crippen MR) is 66.9 cm³/mol. The smallest absolute Gasteiger partial charge is 0.416 e. The van der Waals surface area contributed by atoms with Gasteiger partial charge in [-0.3, -0.25) is 0 Å². The van der Waals surface area contributed by atoms with E-state index in [4.69, 9.17) is 4.42 Å². The van der Waals surface area contributed by atoms with Gasteiger partial charge in [0.05, 0.1) is 12.1 Å². The van der Waals surface area contributed by atoms with Crippen LogP contribution < -0.4 is 5.32 Å². The van der Waals surface area contributed by atoms with E-state index in [0.29, 0.717) is 12.2 Å². The molecule has 2 nitrogen and oxygen atoms in total. The average molecular weight is 269 g/mol. The van der Waals surface area contributed by atoms with Crippen LogP contribution in [0.25, 0.3) is 0 Å². The second kappa shape index (κ2) is 5.38. The van der Waals surface area contributed by atoms with Gasteiger partial charge in [0, 0.05) is 12.1 Å². The van der Waals surface area contributed by atoms with Gasteiger partial charge in [-0.25, -0.2) is 0 Å². The summed E-state index contributed by atoms with van der Waals surface area (Å²) in [6.45, 7) is 2.44. The lowest BCUT2D eigenvalue weighted by Crippen LogP contribution is -2.05. The highest BCUT2D eigenvalue weighted by Gasteiger charge is 2.29. The minimum atomic E-state index is -4.30. The van der Waals surface area contributed by atoms with E-state index in [1.807, 2.05) is 19.1 Å². The summed E-state index contributed by atoms with van der Waals surface area (Å²) < 4.78 is 42.6. The summed E-state index contributed by atoms with van der Waals surface area (Å²) in [4.78, 5) is 0. The maximum absolute atomic E-state index is 12.4. The molecule has 0 aliphatic carbocycles. The van der Waals surface area contributed by atoms with Crippen LogP contribution in [-0.4, -0.2) is 0 Å². The predicted octanol–water partition coefficient (Wildman–Crippen LogP) is 4.47. The number of hydrogen-bond acceptors (Lipinski definition) is 2. The van der Waals surface area contributed by atoms with Crippen LogP contribution in [0.3, 0.4) is 0 Å². The van der Waals surface area contributed by atoms with Crippen LogP contribution in [0, 0.1) is 0 Å². The second-order valence-corrected chi connectivity index (χ2v) is 4.15. The Bertz CT molecular complexity index is 528. The molecule has 0 spiro atoms. The van der Waals surface area contributed by atoms with E-state index in [1.54, 1.807) is 0 Å². The largest absolute Gasteiger partial charge is 0.464 e. The summed E-state index contributed by atoms with van der Waals surface area (Å²) in [6, 6.07) is 8.68. The molecule has 5 heteroatoms. The lowest BCUT2D eigenvalue weighted by Gasteiger charge is -2.08. The van der Waals surface area contributed by atoms with Crippen LogP contribution in [0.1, 0.15) is 24.0 Å². The standard InChI is InChI=1S/C14H14F3NO/c1-2-12-7-8-13(19-12)9-18-11-5-3-10(4-6-11)14(15,16)17/h3-8,18H,2,9H2,1H3. The molecule has 2 rings (SSSR count). The number of halogens is 3. The summed E-state index contributed by atoms with van der Waals surface area (Å²) in [5.74, 6) is 1.65. The first-order valence-corrected chi connectivity index (χ1v) is 5.98. The maximum Gasteiger partial charge on any atom is 0.416 e. The topological polar surface area (TPSA) is 25.2 Å². The molecule has 1 heterocycles. The number of alkyl halides is 3. The van der Waals surface area contributed by atoms with Gasteiger partial charge in [0.2, 0.25) is 0 Å². The third-order valence-electron chi connectivity index (χ3n) is 2.74. The molecule has 0 saturated heterocycles. The molecule has 0 bridgehead atoms. The Morgan fingerprint density at radius 2 is 1.63 bits per heavy atom. The molecule has 102 valence electrons. The molecule has 0 atom stereocenters. The van der Waals surface area contributed by atoms with E-state index in [-0.39, 0.29) is 0 Å². The molecule has 0 saturated carbocycles. The number of rotatable bonds is 4. The lowest BCUT2D eigenvalue weighted by atomic mass is 10.2. The highest BCUT2D eigenvalue weighted by Crippen LogP contribution is 2.29. The fourth-order valence-electron chi connectivity index (χ4n) is 1.67. The molecule has 0 unspecified atom stereocenters. The SMILES string of the molecule is CCc1ccc(CNc2ccc(C(F)(F)F)cc2)o1. The van der Waals surface area contributed by atoms with Gasteiger partial charge in [0.15, 0.2) is 0 Å².